The standard InChI is InChI=1S/C10H19NO2/c1-9(2)13-8-10-3-4-11(10)5-6-12-7-10/h9H,3-8H2,1-2H3. The van der Waals surface area contributed by atoms with E-state index in [-0.39, 0.29) is 5.54 Å². The molecule has 0 saturated carbocycles. The van der Waals surface area contributed by atoms with E-state index < -0.39 is 0 Å². The molecule has 0 spiro atoms. The fourth-order valence-electron chi connectivity index (χ4n) is 2.06. The molecule has 13 heavy (non-hydrogen) atoms. The van der Waals surface area contributed by atoms with Gasteiger partial charge in [-0.25, -0.2) is 0 Å². The Hall–Kier alpha value is -0.120. The van der Waals surface area contributed by atoms with E-state index in [4.69, 9.17) is 9.47 Å². The van der Waals surface area contributed by atoms with E-state index in [2.05, 4.69) is 18.7 Å². The van der Waals surface area contributed by atoms with E-state index in [9.17, 15) is 0 Å². The van der Waals surface area contributed by atoms with Gasteiger partial charge in [0.05, 0.1) is 31.5 Å². The zero-order valence-corrected chi connectivity index (χ0v) is 8.58. The average Bonchev–Trinajstić information content (AvgIpc) is 2.06. The van der Waals surface area contributed by atoms with Crippen LogP contribution in [0.2, 0.25) is 0 Å². The fourth-order valence-corrected chi connectivity index (χ4v) is 2.06. The maximum absolute atomic E-state index is 5.68. The van der Waals surface area contributed by atoms with Gasteiger partial charge in [-0.1, -0.05) is 0 Å². The molecule has 1 atom stereocenters. The van der Waals surface area contributed by atoms with Gasteiger partial charge in [-0.2, -0.15) is 0 Å². The average molecular weight is 185 g/mol. The number of morpholine rings is 1. The van der Waals surface area contributed by atoms with Crippen LogP contribution in [0.15, 0.2) is 0 Å². The van der Waals surface area contributed by atoms with Crippen LogP contribution in [0.1, 0.15) is 20.3 Å². The van der Waals surface area contributed by atoms with Crippen molar-refractivity contribution in [2.24, 2.45) is 0 Å². The van der Waals surface area contributed by atoms with Gasteiger partial charge in [-0.15, -0.1) is 0 Å². The lowest BCUT2D eigenvalue weighted by molar-refractivity contribution is -0.163. The first-order chi connectivity index (χ1) is 6.23. The van der Waals surface area contributed by atoms with Gasteiger partial charge in [0.15, 0.2) is 0 Å². The highest BCUT2D eigenvalue weighted by Gasteiger charge is 2.47. The minimum absolute atomic E-state index is 0.239. The molecule has 2 saturated heterocycles. The van der Waals surface area contributed by atoms with Crippen LogP contribution in [-0.4, -0.2) is 49.5 Å². The molecule has 76 valence electrons. The Balaban J connectivity index is 1.87. The molecule has 2 aliphatic heterocycles. The molecule has 3 heteroatoms. The highest BCUT2D eigenvalue weighted by molar-refractivity contribution is 5.01. The summed E-state index contributed by atoms with van der Waals surface area (Å²) in [4.78, 5) is 2.50. The molecule has 0 bridgehead atoms. The first-order valence-electron chi connectivity index (χ1n) is 5.17. The fraction of sp³-hybridized carbons (Fsp3) is 1.00. The molecule has 0 N–H and O–H groups in total. The van der Waals surface area contributed by atoms with Gasteiger partial charge in [-0.3, -0.25) is 4.90 Å². The lowest BCUT2D eigenvalue weighted by Gasteiger charge is -2.55. The van der Waals surface area contributed by atoms with E-state index in [0.717, 1.165) is 26.4 Å². The van der Waals surface area contributed by atoms with Crippen LogP contribution in [0, 0.1) is 0 Å². The third kappa shape index (κ3) is 1.73. The van der Waals surface area contributed by atoms with Crippen LogP contribution in [0.5, 0.6) is 0 Å². The van der Waals surface area contributed by atoms with Crippen molar-refractivity contribution in [3.8, 4) is 0 Å². The van der Waals surface area contributed by atoms with Crippen LogP contribution in [0.4, 0.5) is 0 Å². The van der Waals surface area contributed by atoms with Crippen molar-refractivity contribution in [3.63, 3.8) is 0 Å². The van der Waals surface area contributed by atoms with E-state index in [1.54, 1.807) is 0 Å². The van der Waals surface area contributed by atoms with E-state index in [1.807, 2.05) is 0 Å². The third-order valence-electron chi connectivity index (χ3n) is 3.08. The maximum Gasteiger partial charge on any atom is 0.0691 e. The molecule has 2 fully saturated rings. The molecule has 2 aliphatic rings. The molecule has 0 amide bonds. The van der Waals surface area contributed by atoms with Crippen molar-refractivity contribution in [3.05, 3.63) is 0 Å². The van der Waals surface area contributed by atoms with Crippen LogP contribution >= 0.6 is 0 Å². The number of rotatable bonds is 3. The number of hydrogen-bond acceptors (Lipinski definition) is 3. The summed E-state index contributed by atoms with van der Waals surface area (Å²) in [6.45, 7) is 9.08. The normalized spacial score (nSPS) is 34.4. The molecular formula is C10H19NO2. The third-order valence-corrected chi connectivity index (χ3v) is 3.08. The second-order valence-electron chi connectivity index (χ2n) is 4.37. The summed E-state index contributed by atoms with van der Waals surface area (Å²) in [5.41, 5.74) is 0.239. The first-order valence-corrected chi connectivity index (χ1v) is 5.17. The van der Waals surface area contributed by atoms with Crippen LogP contribution in [-0.2, 0) is 9.47 Å². The summed E-state index contributed by atoms with van der Waals surface area (Å²) in [5.74, 6) is 0. The maximum atomic E-state index is 5.68. The highest BCUT2D eigenvalue weighted by Crippen LogP contribution is 2.33. The smallest absolute Gasteiger partial charge is 0.0691 e. The largest absolute Gasteiger partial charge is 0.378 e. The minimum Gasteiger partial charge on any atom is -0.378 e. The molecule has 0 aromatic carbocycles. The highest BCUT2D eigenvalue weighted by atomic mass is 16.5. The van der Waals surface area contributed by atoms with E-state index in [0.29, 0.717) is 6.10 Å². The monoisotopic (exact) mass is 185 g/mol. The lowest BCUT2D eigenvalue weighted by atomic mass is 9.85. The number of fused-ring (bicyclic) bond motifs is 1. The van der Waals surface area contributed by atoms with Gasteiger partial charge in [0.25, 0.3) is 0 Å². The molecule has 2 rings (SSSR count). The van der Waals surface area contributed by atoms with Gasteiger partial charge in [-0.05, 0) is 20.3 Å². The van der Waals surface area contributed by atoms with Gasteiger partial charge in [0, 0.05) is 13.1 Å². The minimum atomic E-state index is 0.239. The van der Waals surface area contributed by atoms with Crippen molar-refractivity contribution >= 4 is 0 Å². The second-order valence-corrected chi connectivity index (χ2v) is 4.37. The lowest BCUT2D eigenvalue weighted by Crippen LogP contribution is -2.68. The Kier molecular flexibility index (Phi) is 2.58. The second kappa shape index (κ2) is 3.56. The Labute approximate surface area is 80.0 Å². The Morgan fingerprint density at radius 2 is 2.31 bits per heavy atom. The predicted molar refractivity (Wildman–Crippen MR) is 50.8 cm³/mol. The number of hydrogen-bond donors (Lipinski definition) is 0. The molecular weight excluding hydrogens is 166 g/mol. The van der Waals surface area contributed by atoms with Gasteiger partial charge in [0.2, 0.25) is 0 Å². The van der Waals surface area contributed by atoms with Crippen molar-refractivity contribution in [1.29, 1.82) is 0 Å². The quantitative estimate of drug-likeness (QED) is 0.651. The molecule has 0 aliphatic carbocycles. The molecule has 0 radical (unpaired) electrons. The number of ether oxygens (including phenoxy) is 2. The Morgan fingerprint density at radius 1 is 1.46 bits per heavy atom. The summed E-state index contributed by atoms with van der Waals surface area (Å²) in [6.07, 6.45) is 1.57. The Morgan fingerprint density at radius 3 is 2.85 bits per heavy atom. The summed E-state index contributed by atoms with van der Waals surface area (Å²) >= 11 is 0. The van der Waals surface area contributed by atoms with E-state index in [1.165, 1.54) is 13.0 Å². The van der Waals surface area contributed by atoms with Gasteiger partial charge >= 0.3 is 0 Å². The first kappa shape index (κ1) is 9.44. The van der Waals surface area contributed by atoms with Gasteiger partial charge < -0.3 is 9.47 Å². The molecule has 1 unspecified atom stereocenters. The van der Waals surface area contributed by atoms with Crippen LogP contribution in [0.3, 0.4) is 0 Å². The van der Waals surface area contributed by atoms with Crippen molar-refractivity contribution in [1.82, 2.24) is 4.90 Å². The SMILES string of the molecule is CC(C)OCC12CCN1CCOC2. The van der Waals surface area contributed by atoms with Crippen molar-refractivity contribution < 1.29 is 9.47 Å². The predicted octanol–water partition coefficient (Wildman–Crippen LogP) is 0.886. The molecule has 3 nitrogen and oxygen atoms in total. The molecule has 0 aromatic heterocycles. The number of nitrogens with zero attached hydrogens (tertiary/aromatic N) is 1. The van der Waals surface area contributed by atoms with E-state index >= 15 is 0 Å². The van der Waals surface area contributed by atoms with Crippen LogP contribution in [0.25, 0.3) is 0 Å². The molecule has 0 aromatic rings. The summed E-state index contributed by atoms with van der Waals surface area (Å²) < 4.78 is 11.2. The van der Waals surface area contributed by atoms with Crippen molar-refractivity contribution in [2.45, 2.75) is 31.9 Å². The summed E-state index contributed by atoms with van der Waals surface area (Å²) in [7, 11) is 0. The molecule has 2 heterocycles. The van der Waals surface area contributed by atoms with Gasteiger partial charge in [0.1, 0.15) is 0 Å². The van der Waals surface area contributed by atoms with Crippen molar-refractivity contribution in [2.75, 3.05) is 32.9 Å². The Bertz CT molecular complexity index is 184. The topological polar surface area (TPSA) is 21.7 Å². The zero-order chi connectivity index (χ0) is 9.31. The summed E-state index contributed by atoms with van der Waals surface area (Å²) in [6, 6.07) is 0. The zero-order valence-electron chi connectivity index (χ0n) is 8.58. The summed E-state index contributed by atoms with van der Waals surface area (Å²) in [5, 5.41) is 0. The van der Waals surface area contributed by atoms with Crippen LogP contribution < -0.4 is 0 Å².